The molecule has 8 heteroatoms. The topological polar surface area (TPSA) is 79.3 Å². The third-order valence-electron chi connectivity index (χ3n) is 5.39. The predicted octanol–water partition coefficient (Wildman–Crippen LogP) is 1.74. The SMILES string of the molecule is CCc1cc(N2CCN(Cc3cnc(NC[C@H]4CCCO4)nc3)CC2)ncn1. The van der Waals surface area contributed by atoms with Gasteiger partial charge >= 0.3 is 0 Å². The largest absolute Gasteiger partial charge is 0.376 e. The van der Waals surface area contributed by atoms with Crippen LogP contribution in [-0.2, 0) is 17.7 Å². The van der Waals surface area contributed by atoms with E-state index in [1.165, 1.54) is 0 Å². The van der Waals surface area contributed by atoms with Gasteiger partial charge in [-0.3, -0.25) is 4.90 Å². The van der Waals surface area contributed by atoms with Gasteiger partial charge in [0.1, 0.15) is 12.1 Å². The highest BCUT2D eigenvalue weighted by atomic mass is 16.5. The van der Waals surface area contributed by atoms with Crippen molar-refractivity contribution in [2.24, 2.45) is 0 Å². The highest BCUT2D eigenvalue weighted by Crippen LogP contribution is 2.16. The third kappa shape index (κ3) is 4.94. The quantitative estimate of drug-likeness (QED) is 0.775. The Morgan fingerprint density at radius 1 is 1.11 bits per heavy atom. The van der Waals surface area contributed by atoms with E-state index in [4.69, 9.17) is 4.74 Å². The summed E-state index contributed by atoms with van der Waals surface area (Å²) in [5, 5.41) is 3.27. The van der Waals surface area contributed by atoms with Crippen LogP contribution in [0.2, 0.25) is 0 Å². The zero-order valence-corrected chi connectivity index (χ0v) is 16.5. The van der Waals surface area contributed by atoms with Crippen LogP contribution in [-0.4, -0.2) is 70.3 Å². The van der Waals surface area contributed by atoms with Gasteiger partial charge in [0.15, 0.2) is 0 Å². The summed E-state index contributed by atoms with van der Waals surface area (Å²) < 4.78 is 5.62. The Kier molecular flexibility index (Phi) is 6.28. The van der Waals surface area contributed by atoms with Gasteiger partial charge in [0.25, 0.3) is 0 Å². The first-order valence-corrected chi connectivity index (χ1v) is 10.2. The standard InChI is InChI=1S/C20H29N7O/c1-2-17-10-19(25-15-24-17)27-7-5-26(6-8-27)14-16-11-21-20(22-12-16)23-13-18-4-3-9-28-18/h10-12,15,18H,2-9,13-14H2,1H3,(H,21,22,23)/t18-/m1/s1. The fourth-order valence-corrected chi connectivity index (χ4v) is 3.68. The van der Waals surface area contributed by atoms with E-state index in [1.54, 1.807) is 6.33 Å². The minimum Gasteiger partial charge on any atom is -0.376 e. The summed E-state index contributed by atoms with van der Waals surface area (Å²) in [7, 11) is 0. The molecule has 2 aliphatic heterocycles. The molecule has 2 fully saturated rings. The van der Waals surface area contributed by atoms with E-state index in [0.717, 1.165) is 82.2 Å². The molecule has 2 saturated heterocycles. The maximum atomic E-state index is 5.62. The lowest BCUT2D eigenvalue weighted by atomic mass is 10.2. The zero-order chi connectivity index (χ0) is 19.2. The van der Waals surface area contributed by atoms with Crippen LogP contribution >= 0.6 is 0 Å². The number of aryl methyl sites for hydroxylation is 1. The van der Waals surface area contributed by atoms with Gasteiger partial charge < -0.3 is 15.0 Å². The molecule has 0 bridgehead atoms. The summed E-state index contributed by atoms with van der Waals surface area (Å²) in [6.07, 6.45) is 9.02. The Hall–Kier alpha value is -2.32. The number of nitrogens with zero attached hydrogens (tertiary/aromatic N) is 6. The molecule has 2 aliphatic rings. The van der Waals surface area contributed by atoms with Crippen molar-refractivity contribution < 1.29 is 4.74 Å². The van der Waals surface area contributed by atoms with Crippen molar-refractivity contribution in [3.05, 3.63) is 36.0 Å². The molecule has 4 rings (SSSR count). The van der Waals surface area contributed by atoms with E-state index in [0.29, 0.717) is 12.1 Å². The molecule has 8 nitrogen and oxygen atoms in total. The van der Waals surface area contributed by atoms with Gasteiger partial charge in [-0.05, 0) is 19.3 Å². The number of aromatic nitrogens is 4. The van der Waals surface area contributed by atoms with Gasteiger partial charge in [-0.2, -0.15) is 0 Å². The van der Waals surface area contributed by atoms with Gasteiger partial charge in [0.05, 0.1) is 6.10 Å². The van der Waals surface area contributed by atoms with Crippen molar-refractivity contribution in [2.45, 2.75) is 38.8 Å². The van der Waals surface area contributed by atoms with Crippen LogP contribution < -0.4 is 10.2 Å². The van der Waals surface area contributed by atoms with Crippen molar-refractivity contribution in [3.8, 4) is 0 Å². The zero-order valence-electron chi connectivity index (χ0n) is 16.5. The summed E-state index contributed by atoms with van der Waals surface area (Å²) >= 11 is 0. The van der Waals surface area contributed by atoms with E-state index in [-0.39, 0.29) is 0 Å². The second-order valence-electron chi connectivity index (χ2n) is 7.42. The van der Waals surface area contributed by atoms with Crippen LogP contribution in [0.3, 0.4) is 0 Å². The van der Waals surface area contributed by atoms with Crippen molar-refractivity contribution in [1.29, 1.82) is 0 Å². The second kappa shape index (κ2) is 9.25. The van der Waals surface area contributed by atoms with E-state index in [9.17, 15) is 0 Å². The first-order chi connectivity index (χ1) is 13.8. The lowest BCUT2D eigenvalue weighted by molar-refractivity contribution is 0.120. The fraction of sp³-hybridized carbons (Fsp3) is 0.600. The number of anilines is 2. The van der Waals surface area contributed by atoms with Crippen LogP contribution in [0.4, 0.5) is 11.8 Å². The summed E-state index contributed by atoms with van der Waals surface area (Å²) in [6.45, 7) is 8.61. The molecule has 0 saturated carbocycles. The molecule has 0 spiro atoms. The Balaban J connectivity index is 1.24. The van der Waals surface area contributed by atoms with Crippen molar-refractivity contribution >= 4 is 11.8 Å². The van der Waals surface area contributed by atoms with Crippen molar-refractivity contribution in [2.75, 3.05) is 49.5 Å². The maximum absolute atomic E-state index is 5.62. The van der Waals surface area contributed by atoms with Crippen molar-refractivity contribution in [3.63, 3.8) is 0 Å². The maximum Gasteiger partial charge on any atom is 0.222 e. The minimum atomic E-state index is 0.294. The molecule has 0 radical (unpaired) electrons. The highest BCUT2D eigenvalue weighted by molar-refractivity contribution is 5.39. The molecule has 0 unspecified atom stereocenters. The molecule has 0 aliphatic carbocycles. The predicted molar refractivity (Wildman–Crippen MR) is 108 cm³/mol. The van der Waals surface area contributed by atoms with Crippen LogP contribution in [0.15, 0.2) is 24.8 Å². The molecule has 2 aromatic heterocycles. The van der Waals surface area contributed by atoms with Gasteiger partial charge in [-0.25, -0.2) is 19.9 Å². The van der Waals surface area contributed by atoms with E-state index >= 15 is 0 Å². The molecular weight excluding hydrogens is 354 g/mol. The minimum absolute atomic E-state index is 0.294. The molecule has 0 amide bonds. The molecule has 150 valence electrons. The average Bonchev–Trinajstić information content (AvgIpc) is 3.28. The first-order valence-electron chi connectivity index (χ1n) is 10.2. The van der Waals surface area contributed by atoms with Crippen LogP contribution in [0.5, 0.6) is 0 Å². The molecule has 28 heavy (non-hydrogen) atoms. The number of piperazine rings is 1. The van der Waals surface area contributed by atoms with Crippen LogP contribution in [0, 0.1) is 0 Å². The fourth-order valence-electron chi connectivity index (χ4n) is 3.68. The number of nitrogens with one attached hydrogen (secondary N) is 1. The van der Waals surface area contributed by atoms with Crippen molar-refractivity contribution in [1.82, 2.24) is 24.8 Å². The Labute approximate surface area is 166 Å². The summed E-state index contributed by atoms with van der Waals surface area (Å²) in [6, 6.07) is 2.10. The Morgan fingerprint density at radius 3 is 2.64 bits per heavy atom. The lowest BCUT2D eigenvalue weighted by Gasteiger charge is -2.35. The second-order valence-corrected chi connectivity index (χ2v) is 7.42. The summed E-state index contributed by atoms with van der Waals surface area (Å²) in [5.41, 5.74) is 2.24. The number of ether oxygens (including phenoxy) is 1. The smallest absolute Gasteiger partial charge is 0.222 e. The molecule has 0 aromatic carbocycles. The number of hydrogen-bond acceptors (Lipinski definition) is 8. The lowest BCUT2D eigenvalue weighted by Crippen LogP contribution is -2.46. The number of rotatable bonds is 7. The molecule has 1 N–H and O–H groups in total. The molecular formula is C20H29N7O. The molecule has 4 heterocycles. The van der Waals surface area contributed by atoms with E-state index < -0.39 is 0 Å². The summed E-state index contributed by atoms with van der Waals surface area (Å²) in [4.78, 5) is 22.4. The first kappa shape index (κ1) is 19.0. The average molecular weight is 384 g/mol. The Bertz CT molecular complexity index is 740. The van der Waals surface area contributed by atoms with Crippen LogP contribution in [0.25, 0.3) is 0 Å². The molecule has 1 atom stereocenters. The van der Waals surface area contributed by atoms with E-state index in [2.05, 4.69) is 48.0 Å². The Morgan fingerprint density at radius 2 is 1.93 bits per heavy atom. The summed E-state index contributed by atoms with van der Waals surface area (Å²) in [5.74, 6) is 1.72. The van der Waals surface area contributed by atoms with Crippen LogP contribution in [0.1, 0.15) is 31.0 Å². The van der Waals surface area contributed by atoms with Gasteiger partial charge in [-0.15, -0.1) is 0 Å². The normalized spacial score (nSPS) is 20.5. The van der Waals surface area contributed by atoms with Gasteiger partial charge in [0.2, 0.25) is 5.95 Å². The highest BCUT2D eigenvalue weighted by Gasteiger charge is 2.19. The molecule has 2 aromatic rings. The monoisotopic (exact) mass is 383 g/mol. The van der Waals surface area contributed by atoms with Gasteiger partial charge in [0, 0.05) is 75.6 Å². The third-order valence-corrected chi connectivity index (χ3v) is 5.39. The van der Waals surface area contributed by atoms with E-state index in [1.807, 2.05) is 12.4 Å². The number of hydrogen-bond donors (Lipinski definition) is 1. The van der Waals surface area contributed by atoms with Gasteiger partial charge in [-0.1, -0.05) is 6.92 Å².